The molecular formula is C19H12F2O5. The predicted octanol–water partition coefficient (Wildman–Crippen LogP) is 3.14. The molecule has 2 atom stereocenters. The van der Waals surface area contributed by atoms with Crippen molar-refractivity contribution in [2.45, 2.75) is 12.0 Å². The first-order valence-corrected chi connectivity index (χ1v) is 7.76. The summed E-state index contributed by atoms with van der Waals surface area (Å²) in [6, 6.07) is 9.85. The molecule has 3 aromatic rings. The van der Waals surface area contributed by atoms with E-state index in [1.165, 1.54) is 13.2 Å². The third kappa shape index (κ3) is 2.35. The lowest BCUT2D eigenvalue weighted by atomic mass is 9.88. The second-order valence-electron chi connectivity index (χ2n) is 5.84. The Morgan fingerprint density at radius 3 is 2.62 bits per heavy atom. The molecule has 1 aliphatic rings. The van der Waals surface area contributed by atoms with Gasteiger partial charge in [0.1, 0.15) is 11.3 Å². The largest absolute Gasteiger partial charge is 0.476 e. The standard InChI is InChI=1S/C19H12F2O5/c1-24-19(23)17-14(9-6-7-11(20)12(21)8-9)15-16(26-17)10-4-2-3-5-13(10)25-18(15)22/h2-8,14,17H,1H3/t14-,17-/m0/s1. The molecule has 2 heterocycles. The summed E-state index contributed by atoms with van der Waals surface area (Å²) >= 11 is 0. The minimum Gasteiger partial charge on any atom is -0.476 e. The van der Waals surface area contributed by atoms with Crippen molar-refractivity contribution in [2.75, 3.05) is 7.11 Å². The van der Waals surface area contributed by atoms with Gasteiger partial charge in [0.25, 0.3) is 0 Å². The predicted molar refractivity (Wildman–Crippen MR) is 87.1 cm³/mol. The third-order valence-electron chi connectivity index (χ3n) is 4.39. The van der Waals surface area contributed by atoms with Crippen LogP contribution < -0.4 is 10.4 Å². The van der Waals surface area contributed by atoms with Crippen molar-refractivity contribution < 1.29 is 27.5 Å². The molecule has 0 bridgehead atoms. The van der Waals surface area contributed by atoms with Gasteiger partial charge in [0.15, 0.2) is 11.6 Å². The summed E-state index contributed by atoms with van der Waals surface area (Å²) in [5.41, 5.74) is -0.128. The first-order valence-electron chi connectivity index (χ1n) is 7.76. The van der Waals surface area contributed by atoms with Gasteiger partial charge in [-0.2, -0.15) is 0 Å². The van der Waals surface area contributed by atoms with Gasteiger partial charge in [-0.05, 0) is 29.8 Å². The van der Waals surface area contributed by atoms with Gasteiger partial charge in [0, 0.05) is 0 Å². The number of carbonyl (C=O) groups excluding carboxylic acids is 1. The van der Waals surface area contributed by atoms with Crippen LogP contribution in [0.5, 0.6) is 5.75 Å². The van der Waals surface area contributed by atoms with Crippen LogP contribution in [0.1, 0.15) is 17.0 Å². The van der Waals surface area contributed by atoms with Crippen LogP contribution in [-0.2, 0) is 9.53 Å². The Balaban J connectivity index is 1.99. The van der Waals surface area contributed by atoms with E-state index in [-0.39, 0.29) is 16.9 Å². The van der Waals surface area contributed by atoms with Crippen LogP contribution in [0.4, 0.5) is 8.78 Å². The number of carbonyl (C=O) groups is 1. The van der Waals surface area contributed by atoms with Crippen LogP contribution in [0.2, 0.25) is 0 Å². The highest BCUT2D eigenvalue weighted by Gasteiger charge is 2.45. The topological polar surface area (TPSA) is 65.7 Å². The van der Waals surface area contributed by atoms with Gasteiger partial charge in [-0.25, -0.2) is 18.4 Å². The molecule has 0 saturated heterocycles. The van der Waals surface area contributed by atoms with E-state index in [9.17, 15) is 18.4 Å². The number of esters is 1. The van der Waals surface area contributed by atoms with Crippen molar-refractivity contribution >= 4 is 16.9 Å². The molecule has 0 fully saturated rings. The number of hydrogen-bond acceptors (Lipinski definition) is 5. The maximum absolute atomic E-state index is 13.7. The number of rotatable bonds is 2. The minimum absolute atomic E-state index is 0.0742. The van der Waals surface area contributed by atoms with E-state index in [4.69, 9.17) is 13.9 Å². The van der Waals surface area contributed by atoms with Gasteiger partial charge in [0.2, 0.25) is 6.10 Å². The van der Waals surface area contributed by atoms with Gasteiger partial charge in [0.05, 0.1) is 24.0 Å². The van der Waals surface area contributed by atoms with Crippen LogP contribution in [0, 0.1) is 11.6 Å². The van der Waals surface area contributed by atoms with Crippen LogP contribution in [0.15, 0.2) is 51.7 Å². The maximum atomic E-state index is 13.7. The fourth-order valence-electron chi connectivity index (χ4n) is 3.23. The van der Waals surface area contributed by atoms with E-state index in [1.54, 1.807) is 24.3 Å². The number of para-hydroxylation sites is 1. The normalized spacial score (nSPS) is 18.4. The van der Waals surface area contributed by atoms with Gasteiger partial charge in [-0.1, -0.05) is 18.2 Å². The van der Waals surface area contributed by atoms with E-state index in [0.29, 0.717) is 11.0 Å². The molecule has 2 aromatic carbocycles. The number of ether oxygens (including phenoxy) is 2. The molecule has 26 heavy (non-hydrogen) atoms. The van der Waals surface area contributed by atoms with Crippen LogP contribution in [0.3, 0.4) is 0 Å². The highest BCUT2D eigenvalue weighted by molar-refractivity contribution is 5.88. The zero-order valence-corrected chi connectivity index (χ0v) is 13.5. The lowest BCUT2D eigenvalue weighted by Gasteiger charge is -2.16. The van der Waals surface area contributed by atoms with Crippen LogP contribution in [-0.4, -0.2) is 19.2 Å². The van der Waals surface area contributed by atoms with Crippen LogP contribution >= 0.6 is 0 Å². The summed E-state index contributed by atoms with van der Waals surface area (Å²) < 4.78 is 42.9. The van der Waals surface area contributed by atoms with Crippen molar-refractivity contribution in [3.63, 3.8) is 0 Å². The monoisotopic (exact) mass is 358 g/mol. The maximum Gasteiger partial charge on any atom is 0.348 e. The second kappa shape index (κ2) is 5.94. The van der Waals surface area contributed by atoms with E-state index in [1.807, 2.05) is 0 Å². The smallest absolute Gasteiger partial charge is 0.348 e. The molecule has 7 heteroatoms. The van der Waals surface area contributed by atoms with Crippen molar-refractivity contribution in [1.82, 2.24) is 0 Å². The zero-order chi connectivity index (χ0) is 18.4. The molecule has 1 aliphatic heterocycles. The van der Waals surface area contributed by atoms with Crippen molar-refractivity contribution in [3.05, 3.63) is 75.6 Å². The Kier molecular flexibility index (Phi) is 3.72. The summed E-state index contributed by atoms with van der Waals surface area (Å²) in [5.74, 6) is -3.66. The number of halogens is 2. The SMILES string of the molecule is COC(=O)[C@H]1Oc2c(c(=O)oc3ccccc23)[C@@H]1c1ccc(F)c(F)c1. The number of fused-ring (bicyclic) bond motifs is 3. The fraction of sp³-hybridized carbons (Fsp3) is 0.158. The number of methoxy groups -OCH3 is 1. The molecule has 0 spiro atoms. The lowest BCUT2D eigenvalue weighted by molar-refractivity contribution is -0.148. The molecule has 0 radical (unpaired) electrons. The molecule has 4 rings (SSSR count). The van der Waals surface area contributed by atoms with Crippen LogP contribution in [0.25, 0.3) is 11.0 Å². The third-order valence-corrected chi connectivity index (χ3v) is 4.39. The molecular weight excluding hydrogens is 346 g/mol. The fourth-order valence-corrected chi connectivity index (χ4v) is 3.23. The molecule has 5 nitrogen and oxygen atoms in total. The molecule has 1 aromatic heterocycles. The van der Waals surface area contributed by atoms with Crippen molar-refractivity contribution in [3.8, 4) is 5.75 Å². The summed E-state index contributed by atoms with van der Waals surface area (Å²) in [6.07, 6.45) is -1.21. The molecule has 0 N–H and O–H groups in total. The first-order chi connectivity index (χ1) is 12.5. The molecule has 132 valence electrons. The van der Waals surface area contributed by atoms with Crippen molar-refractivity contribution in [2.24, 2.45) is 0 Å². The van der Waals surface area contributed by atoms with Gasteiger partial charge >= 0.3 is 11.6 Å². The molecule has 0 amide bonds. The number of benzene rings is 2. The Hall–Kier alpha value is -3.22. The highest BCUT2D eigenvalue weighted by Crippen LogP contribution is 2.44. The second-order valence-corrected chi connectivity index (χ2v) is 5.84. The van der Waals surface area contributed by atoms with E-state index in [0.717, 1.165) is 12.1 Å². The average Bonchev–Trinajstić information content (AvgIpc) is 3.05. The Morgan fingerprint density at radius 1 is 1.12 bits per heavy atom. The van der Waals surface area contributed by atoms with Gasteiger partial charge in [-0.3, -0.25) is 0 Å². The highest BCUT2D eigenvalue weighted by atomic mass is 19.2. The van der Waals surface area contributed by atoms with E-state index < -0.39 is 35.3 Å². The lowest BCUT2D eigenvalue weighted by Crippen LogP contribution is -2.31. The summed E-state index contributed by atoms with van der Waals surface area (Å²) in [4.78, 5) is 24.8. The van der Waals surface area contributed by atoms with Gasteiger partial charge in [-0.15, -0.1) is 0 Å². The average molecular weight is 358 g/mol. The number of hydrogen-bond donors (Lipinski definition) is 0. The first kappa shape index (κ1) is 16.3. The summed E-state index contributed by atoms with van der Waals surface area (Å²) in [7, 11) is 1.18. The van der Waals surface area contributed by atoms with E-state index >= 15 is 0 Å². The zero-order valence-electron chi connectivity index (χ0n) is 13.5. The van der Waals surface area contributed by atoms with Crippen molar-refractivity contribution in [1.29, 1.82) is 0 Å². The molecule has 0 aliphatic carbocycles. The minimum atomic E-state index is -1.21. The summed E-state index contributed by atoms with van der Waals surface area (Å²) in [5, 5.41) is 0.501. The quantitative estimate of drug-likeness (QED) is 0.520. The van der Waals surface area contributed by atoms with Gasteiger partial charge < -0.3 is 13.9 Å². The Bertz CT molecular complexity index is 1090. The summed E-state index contributed by atoms with van der Waals surface area (Å²) in [6.45, 7) is 0. The van der Waals surface area contributed by atoms with E-state index in [2.05, 4.69) is 0 Å². The Morgan fingerprint density at radius 2 is 1.88 bits per heavy atom. The molecule has 0 saturated carbocycles. The Labute approximate surface area is 145 Å². The molecule has 0 unspecified atom stereocenters.